The Morgan fingerprint density at radius 3 is 2.72 bits per heavy atom. The van der Waals surface area contributed by atoms with Gasteiger partial charge in [-0.1, -0.05) is 6.07 Å². The van der Waals surface area contributed by atoms with Crippen LogP contribution in [0.25, 0.3) is 11.1 Å². The lowest BCUT2D eigenvalue weighted by molar-refractivity contribution is 0.416. The van der Waals surface area contributed by atoms with Crippen LogP contribution in [-0.4, -0.2) is 12.1 Å². The lowest BCUT2D eigenvalue weighted by atomic mass is 9.95. The second-order valence-corrected chi connectivity index (χ2v) is 4.19. The van der Waals surface area contributed by atoms with Gasteiger partial charge < -0.3 is 4.74 Å². The third kappa shape index (κ3) is 2.05. The first-order valence-electron chi connectivity index (χ1n) is 5.67. The Balaban J connectivity index is 2.75. The van der Waals surface area contributed by atoms with Crippen LogP contribution < -0.4 is 4.74 Å². The van der Waals surface area contributed by atoms with E-state index in [-0.39, 0.29) is 0 Å². The molecule has 0 saturated carbocycles. The maximum absolute atomic E-state index is 9.16. The number of benzene rings is 1. The average Bonchev–Trinajstić information content (AvgIpc) is 2.38. The number of methoxy groups -OCH3 is 1. The van der Waals surface area contributed by atoms with Crippen molar-refractivity contribution in [2.75, 3.05) is 7.11 Å². The van der Waals surface area contributed by atoms with Crippen LogP contribution in [0.1, 0.15) is 16.7 Å². The van der Waals surface area contributed by atoms with E-state index in [9.17, 15) is 0 Å². The molecule has 0 atom stereocenters. The molecule has 2 rings (SSSR count). The number of nitriles is 1. The molecule has 0 saturated heterocycles. The van der Waals surface area contributed by atoms with Crippen LogP contribution in [0.4, 0.5) is 0 Å². The van der Waals surface area contributed by atoms with E-state index in [0.717, 1.165) is 28.0 Å². The van der Waals surface area contributed by atoms with Gasteiger partial charge >= 0.3 is 0 Å². The first-order chi connectivity index (χ1) is 8.67. The summed E-state index contributed by atoms with van der Waals surface area (Å²) in [7, 11) is 1.64. The minimum absolute atomic E-state index is 0.558. The first-order valence-corrected chi connectivity index (χ1v) is 5.67. The van der Waals surface area contributed by atoms with Gasteiger partial charge in [-0.15, -0.1) is 0 Å². The maximum Gasteiger partial charge on any atom is 0.127 e. The molecule has 0 aliphatic heterocycles. The summed E-state index contributed by atoms with van der Waals surface area (Å²) < 4.78 is 5.43. The normalized spacial score (nSPS) is 9.89. The fraction of sp³-hybridized carbons (Fsp3) is 0.200. The molecule has 1 aromatic carbocycles. The van der Waals surface area contributed by atoms with Crippen molar-refractivity contribution in [3.63, 3.8) is 0 Å². The van der Waals surface area contributed by atoms with Gasteiger partial charge in [0, 0.05) is 23.5 Å². The van der Waals surface area contributed by atoms with Crippen molar-refractivity contribution >= 4 is 0 Å². The Hall–Kier alpha value is -2.34. The molecule has 0 N–H and O–H groups in total. The zero-order valence-corrected chi connectivity index (χ0v) is 10.7. The summed E-state index contributed by atoms with van der Waals surface area (Å²) in [5, 5.41) is 9.16. The van der Waals surface area contributed by atoms with Crippen molar-refractivity contribution in [3.05, 3.63) is 47.3 Å². The molecule has 0 aliphatic rings. The number of pyridine rings is 1. The summed E-state index contributed by atoms with van der Waals surface area (Å²) >= 11 is 0. The van der Waals surface area contributed by atoms with Crippen molar-refractivity contribution in [2.24, 2.45) is 0 Å². The van der Waals surface area contributed by atoms with Crippen molar-refractivity contribution in [2.45, 2.75) is 13.8 Å². The summed E-state index contributed by atoms with van der Waals surface area (Å²) in [5.74, 6) is 0.787. The van der Waals surface area contributed by atoms with E-state index in [4.69, 9.17) is 10.00 Å². The highest BCUT2D eigenvalue weighted by atomic mass is 16.5. The average molecular weight is 238 g/mol. The predicted octanol–water partition coefficient (Wildman–Crippen LogP) is 3.25. The van der Waals surface area contributed by atoms with Gasteiger partial charge in [-0.2, -0.15) is 5.26 Å². The molecule has 0 bridgehead atoms. The minimum Gasteiger partial charge on any atom is -0.496 e. The molecular formula is C15H14N2O. The van der Waals surface area contributed by atoms with Gasteiger partial charge in [-0.05, 0) is 37.1 Å². The monoisotopic (exact) mass is 238 g/mol. The van der Waals surface area contributed by atoms with E-state index in [1.165, 1.54) is 0 Å². The van der Waals surface area contributed by atoms with Crippen LogP contribution in [0.3, 0.4) is 0 Å². The lowest BCUT2D eigenvalue weighted by Gasteiger charge is -2.14. The van der Waals surface area contributed by atoms with E-state index in [1.54, 1.807) is 19.5 Å². The molecule has 0 aliphatic carbocycles. The number of aromatic nitrogens is 1. The largest absolute Gasteiger partial charge is 0.496 e. The van der Waals surface area contributed by atoms with Gasteiger partial charge in [0.1, 0.15) is 11.8 Å². The maximum atomic E-state index is 9.16. The van der Waals surface area contributed by atoms with E-state index in [0.29, 0.717) is 5.56 Å². The molecule has 0 unspecified atom stereocenters. The summed E-state index contributed by atoms with van der Waals surface area (Å²) in [6, 6.07) is 8.07. The van der Waals surface area contributed by atoms with Crippen LogP contribution >= 0.6 is 0 Å². The van der Waals surface area contributed by atoms with Crippen molar-refractivity contribution in [1.82, 2.24) is 4.98 Å². The molecule has 2 aromatic rings. The Morgan fingerprint density at radius 2 is 2.06 bits per heavy atom. The van der Waals surface area contributed by atoms with Crippen molar-refractivity contribution in [1.29, 1.82) is 5.26 Å². The van der Waals surface area contributed by atoms with Crippen LogP contribution in [0.2, 0.25) is 0 Å². The Kier molecular flexibility index (Phi) is 3.29. The number of hydrogen-bond donors (Lipinski definition) is 0. The van der Waals surface area contributed by atoms with Crippen LogP contribution in [0.5, 0.6) is 5.75 Å². The number of hydrogen-bond acceptors (Lipinski definition) is 3. The predicted molar refractivity (Wildman–Crippen MR) is 70.4 cm³/mol. The summed E-state index contributed by atoms with van der Waals surface area (Å²) in [4.78, 5) is 3.98. The Labute approximate surface area is 107 Å². The molecule has 1 heterocycles. The fourth-order valence-corrected chi connectivity index (χ4v) is 2.14. The fourth-order valence-electron chi connectivity index (χ4n) is 2.14. The van der Waals surface area contributed by atoms with Gasteiger partial charge in [-0.3, -0.25) is 4.98 Å². The quantitative estimate of drug-likeness (QED) is 0.806. The highest BCUT2D eigenvalue weighted by Gasteiger charge is 2.13. The molecule has 90 valence electrons. The molecular weight excluding hydrogens is 224 g/mol. The topological polar surface area (TPSA) is 45.9 Å². The molecule has 3 nitrogen and oxygen atoms in total. The highest BCUT2D eigenvalue weighted by Crippen LogP contribution is 2.35. The minimum atomic E-state index is 0.558. The summed E-state index contributed by atoms with van der Waals surface area (Å²) in [6.45, 7) is 4.05. The molecule has 1 aromatic heterocycles. The van der Waals surface area contributed by atoms with Gasteiger partial charge in [0.05, 0.1) is 12.7 Å². The van der Waals surface area contributed by atoms with Gasteiger partial charge in [0.25, 0.3) is 0 Å². The van der Waals surface area contributed by atoms with Crippen LogP contribution in [-0.2, 0) is 0 Å². The molecule has 18 heavy (non-hydrogen) atoms. The smallest absolute Gasteiger partial charge is 0.127 e. The van der Waals surface area contributed by atoms with Crippen LogP contribution in [0.15, 0.2) is 30.6 Å². The SMILES string of the molecule is COc1cc(C)cc(C)c1-c1ccncc1C#N. The van der Waals surface area contributed by atoms with E-state index >= 15 is 0 Å². The van der Waals surface area contributed by atoms with Crippen molar-refractivity contribution in [3.8, 4) is 22.9 Å². The van der Waals surface area contributed by atoms with E-state index < -0.39 is 0 Å². The Bertz CT molecular complexity index is 627. The number of aryl methyl sites for hydroxylation is 2. The molecule has 0 spiro atoms. The van der Waals surface area contributed by atoms with Crippen LogP contribution in [0, 0.1) is 25.2 Å². The standard InChI is InChI=1S/C15H14N2O/c1-10-6-11(2)15(14(7-10)18-3)13-4-5-17-9-12(13)8-16/h4-7,9H,1-3H3. The molecule has 3 heteroatoms. The first kappa shape index (κ1) is 12.1. The third-order valence-electron chi connectivity index (χ3n) is 2.87. The summed E-state index contributed by atoms with van der Waals surface area (Å²) in [5.41, 5.74) is 4.61. The van der Waals surface area contributed by atoms with Gasteiger partial charge in [0.2, 0.25) is 0 Å². The van der Waals surface area contributed by atoms with Gasteiger partial charge in [-0.25, -0.2) is 0 Å². The number of rotatable bonds is 2. The number of ether oxygens (including phenoxy) is 1. The second kappa shape index (κ2) is 4.89. The van der Waals surface area contributed by atoms with Gasteiger partial charge in [0.15, 0.2) is 0 Å². The van der Waals surface area contributed by atoms with Crippen molar-refractivity contribution < 1.29 is 4.74 Å². The van der Waals surface area contributed by atoms with E-state index in [1.807, 2.05) is 26.0 Å². The second-order valence-electron chi connectivity index (χ2n) is 4.19. The molecule has 0 radical (unpaired) electrons. The highest BCUT2D eigenvalue weighted by molar-refractivity contribution is 5.78. The summed E-state index contributed by atoms with van der Waals surface area (Å²) in [6.07, 6.45) is 3.27. The number of nitrogens with zero attached hydrogens (tertiary/aromatic N) is 2. The molecule has 0 fully saturated rings. The van der Waals surface area contributed by atoms with E-state index in [2.05, 4.69) is 17.1 Å². The Morgan fingerprint density at radius 1 is 1.28 bits per heavy atom. The zero-order chi connectivity index (χ0) is 13.1. The zero-order valence-electron chi connectivity index (χ0n) is 10.7. The molecule has 0 amide bonds. The lowest BCUT2D eigenvalue weighted by Crippen LogP contribution is -1.95. The third-order valence-corrected chi connectivity index (χ3v) is 2.87.